The molecule has 3 heterocycles. The minimum Gasteiger partial charge on any atom is -0.335 e. The van der Waals surface area contributed by atoms with Crippen LogP contribution < -0.4 is 10.7 Å². The van der Waals surface area contributed by atoms with Gasteiger partial charge in [-0.25, -0.2) is 4.98 Å². The average Bonchev–Trinajstić information content (AvgIpc) is 3.26. The Labute approximate surface area is 171 Å². The summed E-state index contributed by atoms with van der Waals surface area (Å²) >= 11 is 1.06. The molecule has 1 aromatic carbocycles. The third-order valence-corrected chi connectivity index (χ3v) is 5.21. The molecule has 11 heteroatoms. The molecule has 0 spiro atoms. The Balaban J connectivity index is 1.60. The van der Waals surface area contributed by atoms with Crippen molar-refractivity contribution in [3.05, 3.63) is 62.9 Å². The number of thiazole rings is 1. The summed E-state index contributed by atoms with van der Waals surface area (Å²) in [5.41, 5.74) is 0.431. The lowest BCUT2D eigenvalue weighted by Crippen LogP contribution is -2.17. The van der Waals surface area contributed by atoms with Gasteiger partial charge in [0.1, 0.15) is 11.3 Å². The molecule has 3 aromatic heterocycles. The molecule has 0 aliphatic rings. The number of benzene rings is 1. The second-order valence-electron chi connectivity index (χ2n) is 6.55. The van der Waals surface area contributed by atoms with E-state index in [1.54, 1.807) is 19.4 Å². The Morgan fingerprint density at radius 2 is 2.03 bits per heavy atom. The van der Waals surface area contributed by atoms with Crippen LogP contribution in [0.15, 0.2) is 40.5 Å². The van der Waals surface area contributed by atoms with Crippen LogP contribution in [0.4, 0.5) is 18.3 Å². The highest BCUT2D eigenvalue weighted by Crippen LogP contribution is 2.33. The van der Waals surface area contributed by atoms with Crippen LogP contribution in [-0.2, 0) is 13.2 Å². The molecular formula is C19H14F3N5O2S. The lowest BCUT2D eigenvalue weighted by molar-refractivity contribution is -0.137. The summed E-state index contributed by atoms with van der Waals surface area (Å²) in [5, 5.41) is 8.85. The number of carbonyl (C=O) groups excluding carboxylic acids is 1. The zero-order chi connectivity index (χ0) is 21.6. The summed E-state index contributed by atoms with van der Waals surface area (Å²) < 4.78 is 40.2. The van der Waals surface area contributed by atoms with Gasteiger partial charge in [0.05, 0.1) is 22.3 Å². The van der Waals surface area contributed by atoms with Gasteiger partial charge >= 0.3 is 6.18 Å². The van der Waals surface area contributed by atoms with Crippen molar-refractivity contribution in [2.24, 2.45) is 7.05 Å². The summed E-state index contributed by atoms with van der Waals surface area (Å²) in [7, 11) is 1.65. The van der Waals surface area contributed by atoms with Gasteiger partial charge in [0.25, 0.3) is 5.91 Å². The van der Waals surface area contributed by atoms with E-state index in [-0.39, 0.29) is 21.8 Å². The normalized spacial score (nSPS) is 11.8. The van der Waals surface area contributed by atoms with Gasteiger partial charge in [-0.05, 0) is 19.1 Å². The minimum atomic E-state index is -4.46. The maximum absolute atomic E-state index is 12.9. The van der Waals surface area contributed by atoms with Crippen LogP contribution in [0.3, 0.4) is 0 Å². The van der Waals surface area contributed by atoms with Crippen LogP contribution in [0.1, 0.15) is 21.7 Å². The van der Waals surface area contributed by atoms with Gasteiger partial charge in [0.15, 0.2) is 10.6 Å². The van der Waals surface area contributed by atoms with Gasteiger partial charge in [-0.15, -0.1) is 11.3 Å². The van der Waals surface area contributed by atoms with E-state index in [1.807, 2.05) is 0 Å². The largest absolute Gasteiger partial charge is 0.416 e. The van der Waals surface area contributed by atoms with Gasteiger partial charge in [-0.1, -0.05) is 12.1 Å². The van der Waals surface area contributed by atoms with Gasteiger partial charge in [0, 0.05) is 24.1 Å². The van der Waals surface area contributed by atoms with E-state index in [0.29, 0.717) is 22.4 Å². The minimum absolute atomic E-state index is 0.0197. The molecule has 0 aliphatic heterocycles. The van der Waals surface area contributed by atoms with Crippen molar-refractivity contribution >= 4 is 33.4 Å². The summed E-state index contributed by atoms with van der Waals surface area (Å²) in [6.45, 7) is 1.70. The maximum Gasteiger partial charge on any atom is 0.416 e. The predicted octanol–water partition coefficient (Wildman–Crippen LogP) is 3.96. The number of nitrogens with one attached hydrogen (secondary N) is 2. The summed E-state index contributed by atoms with van der Waals surface area (Å²) in [6, 6.07) is 5.95. The number of anilines is 1. The van der Waals surface area contributed by atoms with Crippen molar-refractivity contribution < 1.29 is 18.0 Å². The predicted molar refractivity (Wildman–Crippen MR) is 107 cm³/mol. The molecule has 0 unspecified atom stereocenters. The molecule has 0 atom stereocenters. The smallest absolute Gasteiger partial charge is 0.335 e. The topological polar surface area (TPSA) is 92.7 Å². The molecule has 0 fully saturated rings. The van der Waals surface area contributed by atoms with Crippen LogP contribution in [0.2, 0.25) is 0 Å². The van der Waals surface area contributed by atoms with Crippen molar-refractivity contribution in [1.29, 1.82) is 0 Å². The molecule has 0 radical (unpaired) electrons. The third-order valence-electron chi connectivity index (χ3n) is 4.45. The van der Waals surface area contributed by atoms with Gasteiger partial charge in [-0.2, -0.15) is 18.3 Å². The number of hydrogen-bond donors (Lipinski definition) is 2. The summed E-state index contributed by atoms with van der Waals surface area (Å²) in [5.74, 6) is -0.599. The number of H-pyrrole nitrogens is 1. The van der Waals surface area contributed by atoms with E-state index in [1.165, 1.54) is 22.9 Å². The lowest BCUT2D eigenvalue weighted by Gasteiger charge is -2.07. The highest BCUT2D eigenvalue weighted by molar-refractivity contribution is 7.14. The third kappa shape index (κ3) is 3.59. The van der Waals surface area contributed by atoms with Gasteiger partial charge in [-0.3, -0.25) is 19.6 Å². The molecule has 30 heavy (non-hydrogen) atoms. The molecular weight excluding hydrogens is 419 g/mol. The average molecular weight is 433 g/mol. The van der Waals surface area contributed by atoms with Crippen LogP contribution in [0.5, 0.6) is 0 Å². The Kier molecular flexibility index (Phi) is 4.69. The molecule has 154 valence electrons. The van der Waals surface area contributed by atoms with Crippen molar-refractivity contribution in [1.82, 2.24) is 19.7 Å². The number of amides is 1. The van der Waals surface area contributed by atoms with E-state index in [0.717, 1.165) is 23.5 Å². The number of pyridine rings is 1. The summed E-state index contributed by atoms with van der Waals surface area (Å²) in [4.78, 5) is 32.0. The zero-order valence-electron chi connectivity index (χ0n) is 15.7. The molecule has 7 nitrogen and oxygen atoms in total. The number of nitrogens with zero attached hydrogens (tertiary/aromatic N) is 3. The number of alkyl halides is 3. The van der Waals surface area contributed by atoms with E-state index < -0.39 is 17.6 Å². The molecule has 0 saturated carbocycles. The standard InChI is InChI=1S/C19H14F3N5O2S/c1-9-15-14(28)7-12(23-16(15)27(2)26-9)17(29)25-18-24-13(8-30-18)10-4-3-5-11(6-10)19(20,21)22/h3-8H,1-2H3,(H,23,28)(H,24,25,29). The van der Waals surface area contributed by atoms with Crippen molar-refractivity contribution in [3.63, 3.8) is 0 Å². The van der Waals surface area contributed by atoms with Gasteiger partial charge < -0.3 is 4.98 Å². The molecule has 4 rings (SSSR count). The van der Waals surface area contributed by atoms with Crippen molar-refractivity contribution in [3.8, 4) is 11.3 Å². The fourth-order valence-electron chi connectivity index (χ4n) is 3.07. The first-order valence-electron chi connectivity index (χ1n) is 8.64. The van der Waals surface area contributed by atoms with Crippen LogP contribution in [0.25, 0.3) is 22.3 Å². The molecule has 0 saturated heterocycles. The van der Waals surface area contributed by atoms with E-state index >= 15 is 0 Å². The number of aromatic nitrogens is 4. The highest BCUT2D eigenvalue weighted by atomic mass is 32.1. The number of aryl methyl sites for hydroxylation is 2. The molecule has 0 bridgehead atoms. The molecule has 0 aliphatic carbocycles. The van der Waals surface area contributed by atoms with E-state index in [2.05, 4.69) is 20.4 Å². The number of carbonyl (C=O) groups is 1. The van der Waals surface area contributed by atoms with E-state index in [4.69, 9.17) is 0 Å². The monoisotopic (exact) mass is 433 g/mol. The van der Waals surface area contributed by atoms with Gasteiger partial charge in [0.2, 0.25) is 0 Å². The Morgan fingerprint density at radius 3 is 2.77 bits per heavy atom. The fourth-order valence-corrected chi connectivity index (χ4v) is 3.78. The number of aromatic amines is 1. The zero-order valence-corrected chi connectivity index (χ0v) is 16.5. The maximum atomic E-state index is 12.9. The number of rotatable bonds is 3. The lowest BCUT2D eigenvalue weighted by atomic mass is 10.1. The second-order valence-corrected chi connectivity index (χ2v) is 7.41. The number of hydrogen-bond acceptors (Lipinski definition) is 5. The Hall–Kier alpha value is -3.47. The first kappa shape index (κ1) is 19.8. The number of halogens is 3. The van der Waals surface area contributed by atoms with Crippen molar-refractivity contribution in [2.75, 3.05) is 5.32 Å². The SMILES string of the molecule is Cc1nn(C)c2[nH]c(C(=O)Nc3nc(-c4cccc(C(F)(F)F)c4)cs3)cc(=O)c12. The van der Waals surface area contributed by atoms with E-state index in [9.17, 15) is 22.8 Å². The fraction of sp³-hybridized carbons (Fsp3) is 0.158. The Bertz CT molecular complexity index is 1340. The van der Waals surface area contributed by atoms with Crippen LogP contribution in [0, 0.1) is 6.92 Å². The molecule has 2 N–H and O–H groups in total. The van der Waals surface area contributed by atoms with Crippen LogP contribution >= 0.6 is 11.3 Å². The Morgan fingerprint density at radius 1 is 1.27 bits per heavy atom. The molecule has 4 aromatic rings. The van der Waals surface area contributed by atoms with Crippen LogP contribution in [-0.4, -0.2) is 25.7 Å². The second kappa shape index (κ2) is 7.10. The van der Waals surface area contributed by atoms with Crippen molar-refractivity contribution in [2.45, 2.75) is 13.1 Å². The first-order valence-corrected chi connectivity index (χ1v) is 9.52. The highest BCUT2D eigenvalue weighted by Gasteiger charge is 2.30. The first-order chi connectivity index (χ1) is 14.1. The quantitative estimate of drug-likeness (QED) is 0.512. The summed E-state index contributed by atoms with van der Waals surface area (Å²) in [6.07, 6.45) is -4.46. The molecule has 1 amide bonds. The number of fused-ring (bicyclic) bond motifs is 1.